The maximum Gasteiger partial charge on any atom is 0.256 e. The number of hydrogen-bond acceptors (Lipinski definition) is 1. The number of rotatable bonds is 1. The molecule has 0 saturated carbocycles. The van der Waals surface area contributed by atoms with Gasteiger partial charge in [-0.25, -0.2) is 0 Å². The van der Waals surface area contributed by atoms with Crippen LogP contribution in [0.1, 0.15) is 11.1 Å². The van der Waals surface area contributed by atoms with Gasteiger partial charge in [-0.15, -0.1) is 0 Å². The number of halogens is 2. The topological polar surface area (TPSA) is 29.1 Å². The van der Waals surface area contributed by atoms with Crippen LogP contribution >= 0.6 is 23.2 Å². The fraction of sp³-hybridized carbons (Fsp3) is 0. The van der Waals surface area contributed by atoms with Crippen molar-refractivity contribution < 1.29 is 4.79 Å². The van der Waals surface area contributed by atoms with Crippen LogP contribution in [0.15, 0.2) is 42.5 Å². The Morgan fingerprint density at radius 2 is 1.79 bits per heavy atom. The monoisotopic (exact) mass is 289 g/mol. The summed E-state index contributed by atoms with van der Waals surface area (Å²) in [5.41, 5.74) is 3.11. The van der Waals surface area contributed by atoms with Gasteiger partial charge in [0.05, 0.1) is 5.69 Å². The van der Waals surface area contributed by atoms with Gasteiger partial charge in [0.2, 0.25) is 0 Å². The molecular weight excluding hydrogens is 281 g/mol. The Labute approximate surface area is 120 Å². The quantitative estimate of drug-likeness (QED) is 0.770. The van der Waals surface area contributed by atoms with Crippen LogP contribution in [0.2, 0.25) is 10.0 Å². The third-order valence-electron chi connectivity index (χ3n) is 2.92. The van der Waals surface area contributed by atoms with E-state index >= 15 is 0 Å². The molecule has 1 amide bonds. The lowest BCUT2D eigenvalue weighted by molar-refractivity contribution is -0.110. The maximum absolute atomic E-state index is 12.0. The summed E-state index contributed by atoms with van der Waals surface area (Å²) in [7, 11) is 0. The molecule has 2 aromatic rings. The van der Waals surface area contributed by atoms with Gasteiger partial charge < -0.3 is 5.32 Å². The smallest absolute Gasteiger partial charge is 0.256 e. The van der Waals surface area contributed by atoms with Gasteiger partial charge in [0.1, 0.15) is 0 Å². The summed E-state index contributed by atoms with van der Waals surface area (Å²) >= 11 is 11.9. The Morgan fingerprint density at radius 3 is 2.58 bits per heavy atom. The number of carbonyl (C=O) groups is 1. The van der Waals surface area contributed by atoms with Crippen molar-refractivity contribution in [3.63, 3.8) is 0 Å². The first-order valence-electron chi connectivity index (χ1n) is 5.72. The number of anilines is 1. The Morgan fingerprint density at radius 1 is 1.00 bits per heavy atom. The van der Waals surface area contributed by atoms with E-state index in [-0.39, 0.29) is 5.91 Å². The van der Waals surface area contributed by atoms with E-state index in [1.54, 1.807) is 18.2 Å². The molecule has 0 aromatic heterocycles. The molecule has 0 fully saturated rings. The first kappa shape index (κ1) is 12.3. The van der Waals surface area contributed by atoms with Crippen molar-refractivity contribution in [1.82, 2.24) is 0 Å². The zero-order valence-corrected chi connectivity index (χ0v) is 11.3. The minimum Gasteiger partial charge on any atom is -0.321 e. The minimum atomic E-state index is -0.128. The zero-order valence-electron chi connectivity index (χ0n) is 9.78. The Balaban J connectivity index is 2.09. The second kappa shape index (κ2) is 4.72. The number of carbonyl (C=O) groups excluding carboxylic acids is 1. The summed E-state index contributed by atoms with van der Waals surface area (Å²) < 4.78 is 0. The average Bonchev–Trinajstić information content (AvgIpc) is 2.65. The second-order valence-corrected chi connectivity index (χ2v) is 5.13. The summed E-state index contributed by atoms with van der Waals surface area (Å²) in [6, 6.07) is 12.7. The molecular formula is C15H9Cl2NO. The summed E-state index contributed by atoms with van der Waals surface area (Å²) in [6.07, 6.45) is 1.82. The van der Waals surface area contributed by atoms with Gasteiger partial charge in [-0.2, -0.15) is 0 Å². The summed E-state index contributed by atoms with van der Waals surface area (Å²) in [4.78, 5) is 12.0. The molecule has 19 heavy (non-hydrogen) atoms. The SMILES string of the molecule is O=C1Nc2cc(Cl)ccc2/C1=C\c1cccc(Cl)c1. The molecule has 1 N–H and O–H groups in total. The molecule has 1 heterocycles. The molecule has 0 atom stereocenters. The molecule has 0 bridgehead atoms. The molecule has 0 saturated heterocycles. The van der Waals surface area contributed by atoms with Gasteiger partial charge in [0, 0.05) is 21.2 Å². The van der Waals surface area contributed by atoms with Crippen molar-refractivity contribution in [2.45, 2.75) is 0 Å². The highest BCUT2D eigenvalue weighted by molar-refractivity contribution is 6.36. The van der Waals surface area contributed by atoms with Gasteiger partial charge >= 0.3 is 0 Å². The number of nitrogens with one attached hydrogen (secondary N) is 1. The highest BCUT2D eigenvalue weighted by Gasteiger charge is 2.23. The standard InChI is InChI=1S/C15H9Cl2NO/c16-10-3-1-2-9(6-10)7-13-12-5-4-11(17)8-14(12)18-15(13)19/h1-8H,(H,18,19)/b13-7+. The van der Waals surface area contributed by atoms with Crippen molar-refractivity contribution in [3.8, 4) is 0 Å². The van der Waals surface area contributed by atoms with E-state index in [1.807, 2.05) is 30.3 Å². The Kier molecular flexibility index (Phi) is 3.05. The van der Waals surface area contributed by atoms with Crippen LogP contribution in [-0.4, -0.2) is 5.91 Å². The lowest BCUT2D eigenvalue weighted by Crippen LogP contribution is -2.03. The number of hydrogen-bond donors (Lipinski definition) is 1. The third kappa shape index (κ3) is 2.37. The molecule has 4 heteroatoms. The van der Waals surface area contributed by atoms with Gasteiger partial charge in [-0.05, 0) is 35.9 Å². The lowest BCUT2D eigenvalue weighted by atomic mass is 10.0. The van der Waals surface area contributed by atoms with E-state index in [0.29, 0.717) is 15.6 Å². The van der Waals surface area contributed by atoms with Crippen LogP contribution in [0, 0.1) is 0 Å². The van der Waals surface area contributed by atoms with Crippen molar-refractivity contribution in [3.05, 3.63) is 63.6 Å². The van der Waals surface area contributed by atoms with Gasteiger partial charge in [-0.1, -0.05) is 41.4 Å². The molecule has 3 rings (SSSR count). The predicted octanol–water partition coefficient (Wildman–Crippen LogP) is 4.49. The maximum atomic E-state index is 12.0. The average molecular weight is 290 g/mol. The third-order valence-corrected chi connectivity index (χ3v) is 3.39. The van der Waals surface area contributed by atoms with Crippen LogP contribution in [0.5, 0.6) is 0 Å². The first-order valence-corrected chi connectivity index (χ1v) is 6.47. The van der Waals surface area contributed by atoms with Gasteiger partial charge in [-0.3, -0.25) is 4.79 Å². The summed E-state index contributed by atoms with van der Waals surface area (Å²) in [5.74, 6) is -0.128. The summed E-state index contributed by atoms with van der Waals surface area (Å²) in [6.45, 7) is 0. The number of amides is 1. The van der Waals surface area contributed by atoms with Gasteiger partial charge in [0.25, 0.3) is 5.91 Å². The van der Waals surface area contributed by atoms with Crippen LogP contribution < -0.4 is 5.32 Å². The molecule has 2 nitrogen and oxygen atoms in total. The van der Waals surface area contributed by atoms with E-state index in [9.17, 15) is 4.79 Å². The molecule has 0 aliphatic carbocycles. The molecule has 1 aliphatic heterocycles. The lowest BCUT2D eigenvalue weighted by Gasteiger charge is -1.99. The van der Waals surface area contributed by atoms with E-state index in [2.05, 4.69) is 5.32 Å². The van der Waals surface area contributed by atoms with Crippen molar-refractivity contribution in [2.24, 2.45) is 0 Å². The van der Waals surface area contributed by atoms with Gasteiger partial charge in [0.15, 0.2) is 0 Å². The van der Waals surface area contributed by atoms with E-state index in [1.165, 1.54) is 0 Å². The molecule has 94 valence electrons. The van der Waals surface area contributed by atoms with Crippen LogP contribution in [0.25, 0.3) is 11.6 Å². The molecule has 0 radical (unpaired) electrons. The summed E-state index contributed by atoms with van der Waals surface area (Å²) in [5, 5.41) is 4.04. The Hall–Kier alpha value is -1.77. The fourth-order valence-corrected chi connectivity index (χ4v) is 2.44. The van der Waals surface area contributed by atoms with E-state index in [0.717, 1.165) is 16.8 Å². The zero-order chi connectivity index (χ0) is 13.4. The van der Waals surface area contributed by atoms with Crippen LogP contribution in [0.4, 0.5) is 5.69 Å². The fourth-order valence-electron chi connectivity index (χ4n) is 2.07. The van der Waals surface area contributed by atoms with E-state index < -0.39 is 0 Å². The first-order chi connectivity index (χ1) is 9.13. The second-order valence-electron chi connectivity index (χ2n) is 4.26. The molecule has 1 aliphatic rings. The van der Waals surface area contributed by atoms with Crippen molar-refractivity contribution in [2.75, 3.05) is 5.32 Å². The number of benzene rings is 2. The van der Waals surface area contributed by atoms with Crippen molar-refractivity contribution in [1.29, 1.82) is 0 Å². The van der Waals surface area contributed by atoms with E-state index in [4.69, 9.17) is 23.2 Å². The Bertz CT molecular complexity index is 707. The number of fused-ring (bicyclic) bond motifs is 1. The highest BCUT2D eigenvalue weighted by Crippen LogP contribution is 2.34. The highest BCUT2D eigenvalue weighted by atomic mass is 35.5. The predicted molar refractivity (Wildman–Crippen MR) is 79.4 cm³/mol. The minimum absolute atomic E-state index is 0.128. The molecule has 0 spiro atoms. The molecule has 2 aromatic carbocycles. The normalized spacial score (nSPS) is 15.5. The largest absolute Gasteiger partial charge is 0.321 e. The van der Waals surface area contributed by atoms with Crippen molar-refractivity contribution >= 4 is 46.4 Å². The van der Waals surface area contributed by atoms with Crippen LogP contribution in [0.3, 0.4) is 0 Å². The molecule has 0 unspecified atom stereocenters. The van der Waals surface area contributed by atoms with Crippen LogP contribution in [-0.2, 0) is 4.79 Å².